The van der Waals surface area contributed by atoms with Gasteiger partial charge in [0.2, 0.25) is 0 Å². The maximum Gasteiger partial charge on any atom is 0.490 e. The molecule has 1 heterocycles. The molecule has 238 valence electrons. The molecule has 0 spiro atoms. The lowest BCUT2D eigenvalue weighted by Gasteiger charge is -2.23. The van der Waals surface area contributed by atoms with Crippen molar-refractivity contribution < 1.29 is 45.8 Å². The predicted molar refractivity (Wildman–Crippen MR) is 157 cm³/mol. The molecule has 14 heteroatoms. The van der Waals surface area contributed by atoms with Gasteiger partial charge in [-0.15, -0.1) is 0 Å². The first-order valence-electron chi connectivity index (χ1n) is 13.7. The molecule has 44 heavy (non-hydrogen) atoms. The number of carboxylic acids is 1. The van der Waals surface area contributed by atoms with Crippen LogP contribution in [0.15, 0.2) is 71.6 Å². The van der Waals surface area contributed by atoms with E-state index in [0.717, 1.165) is 25.1 Å². The summed E-state index contributed by atoms with van der Waals surface area (Å²) in [4.78, 5) is 22.4. The Bertz CT molecular complexity index is 1550. The number of amides is 1. The Hall–Kier alpha value is -4.30. The Labute approximate surface area is 253 Å². The van der Waals surface area contributed by atoms with Crippen LogP contribution in [-0.2, 0) is 32.6 Å². The van der Waals surface area contributed by atoms with Crippen LogP contribution in [0.25, 0.3) is 0 Å². The number of halogens is 3. The largest absolute Gasteiger partial charge is 0.490 e. The third-order valence-electron chi connectivity index (χ3n) is 6.16. The van der Waals surface area contributed by atoms with Gasteiger partial charge in [0, 0.05) is 12.2 Å². The molecule has 1 unspecified atom stereocenters. The van der Waals surface area contributed by atoms with Gasteiger partial charge in [-0.05, 0) is 86.8 Å². The van der Waals surface area contributed by atoms with Gasteiger partial charge in [-0.25, -0.2) is 17.9 Å². The molecule has 0 aromatic heterocycles. The Morgan fingerprint density at radius 1 is 1.00 bits per heavy atom. The summed E-state index contributed by atoms with van der Waals surface area (Å²) in [5.74, 6) is -2.43. The fourth-order valence-electron chi connectivity index (χ4n) is 4.21. The molecule has 0 saturated heterocycles. The molecule has 0 saturated carbocycles. The highest BCUT2D eigenvalue weighted by Crippen LogP contribution is 2.33. The number of hydrogen-bond acceptors (Lipinski definition) is 8. The number of ether oxygens (including phenoxy) is 2. The van der Waals surface area contributed by atoms with E-state index in [0.29, 0.717) is 29.4 Å². The maximum absolute atomic E-state index is 13.5. The molecule has 3 aromatic rings. The van der Waals surface area contributed by atoms with Crippen molar-refractivity contribution in [2.75, 3.05) is 18.5 Å². The second kappa shape index (κ2) is 14.9. The van der Waals surface area contributed by atoms with E-state index in [1.165, 1.54) is 17.7 Å². The zero-order valence-electron chi connectivity index (χ0n) is 24.3. The highest BCUT2D eigenvalue weighted by Gasteiger charge is 2.38. The topological polar surface area (TPSA) is 143 Å². The first kappa shape index (κ1) is 34.2. The van der Waals surface area contributed by atoms with Gasteiger partial charge >= 0.3 is 12.1 Å². The number of benzene rings is 3. The van der Waals surface area contributed by atoms with Crippen LogP contribution in [0.2, 0.25) is 0 Å². The third-order valence-corrected chi connectivity index (χ3v) is 7.52. The Balaban J connectivity index is 0.000000676. The van der Waals surface area contributed by atoms with Gasteiger partial charge in [-0.3, -0.25) is 4.79 Å². The minimum Gasteiger partial charge on any atom is -0.490 e. The average molecular weight is 638 g/mol. The molecule has 1 amide bonds. The zero-order chi connectivity index (χ0) is 32.5. The standard InChI is InChI=1S/C28H33N3O5S.C2HF3O2/c1-4-35-26-17-21(11-13-25(26)36-19(2)3)27(28(32)31-37(33,34)24-8-6-5-7-9-24)30-23-12-10-20-14-15-29-18-22(20)16-23;3-2(4,5)1(6)7/h5-13,16-17,19,27,29-30H,4,14-15,18H2,1-3H3,(H,31,32);(H,6,7). The van der Waals surface area contributed by atoms with Crippen LogP contribution in [0.1, 0.15) is 43.5 Å². The number of carboxylic acid groups (broad SMARTS) is 1. The van der Waals surface area contributed by atoms with E-state index in [1.807, 2.05) is 39.0 Å². The van der Waals surface area contributed by atoms with Gasteiger partial charge in [0.1, 0.15) is 6.04 Å². The Morgan fingerprint density at radius 3 is 2.30 bits per heavy atom. The van der Waals surface area contributed by atoms with E-state index in [2.05, 4.69) is 15.4 Å². The summed E-state index contributed by atoms with van der Waals surface area (Å²) in [5.41, 5.74) is 3.64. The fraction of sp³-hybridized carbons (Fsp3) is 0.333. The van der Waals surface area contributed by atoms with Crippen LogP contribution in [0.3, 0.4) is 0 Å². The quantitative estimate of drug-likeness (QED) is 0.246. The summed E-state index contributed by atoms with van der Waals surface area (Å²) in [5, 5.41) is 13.7. The van der Waals surface area contributed by atoms with Crippen molar-refractivity contribution >= 4 is 27.6 Å². The number of alkyl halides is 3. The summed E-state index contributed by atoms with van der Waals surface area (Å²) >= 11 is 0. The van der Waals surface area contributed by atoms with Crippen molar-refractivity contribution in [1.29, 1.82) is 0 Å². The first-order valence-corrected chi connectivity index (χ1v) is 15.1. The molecule has 10 nitrogen and oxygen atoms in total. The van der Waals surface area contributed by atoms with Gasteiger partial charge in [0.25, 0.3) is 15.9 Å². The monoisotopic (exact) mass is 637 g/mol. The van der Waals surface area contributed by atoms with E-state index in [1.54, 1.807) is 36.4 Å². The fourth-order valence-corrected chi connectivity index (χ4v) is 5.23. The van der Waals surface area contributed by atoms with E-state index < -0.39 is 34.1 Å². The number of carbonyl (C=O) groups is 2. The summed E-state index contributed by atoms with van der Waals surface area (Å²) < 4.78 is 71.5. The Morgan fingerprint density at radius 2 is 1.68 bits per heavy atom. The summed E-state index contributed by atoms with van der Waals surface area (Å²) in [6.07, 6.45) is -4.22. The van der Waals surface area contributed by atoms with E-state index in [4.69, 9.17) is 19.4 Å². The molecule has 4 rings (SSSR count). The van der Waals surface area contributed by atoms with Crippen LogP contribution >= 0.6 is 0 Å². The van der Waals surface area contributed by atoms with Crippen LogP contribution in [0.5, 0.6) is 11.5 Å². The van der Waals surface area contributed by atoms with Crippen molar-refractivity contribution in [2.45, 2.75) is 57.0 Å². The van der Waals surface area contributed by atoms with Crippen molar-refractivity contribution in [3.05, 3.63) is 83.4 Å². The minimum atomic E-state index is -5.08. The number of sulfonamides is 1. The van der Waals surface area contributed by atoms with Crippen molar-refractivity contribution in [1.82, 2.24) is 10.0 Å². The van der Waals surface area contributed by atoms with Crippen LogP contribution in [0.4, 0.5) is 18.9 Å². The highest BCUT2D eigenvalue weighted by molar-refractivity contribution is 7.90. The number of hydrogen-bond donors (Lipinski definition) is 4. The predicted octanol–water partition coefficient (Wildman–Crippen LogP) is 4.81. The van der Waals surface area contributed by atoms with Crippen molar-refractivity contribution in [3.8, 4) is 11.5 Å². The molecular weight excluding hydrogens is 603 g/mol. The maximum atomic E-state index is 13.5. The SMILES string of the molecule is CCOc1cc(C(Nc2ccc3c(c2)CNCC3)C(=O)NS(=O)(=O)c2ccccc2)ccc1OC(C)C.O=C(O)C(F)(F)F. The van der Waals surface area contributed by atoms with Gasteiger partial charge in [-0.2, -0.15) is 13.2 Å². The molecule has 4 N–H and O–H groups in total. The number of anilines is 1. The average Bonchev–Trinajstić information content (AvgIpc) is 2.96. The Kier molecular flexibility index (Phi) is 11.6. The summed E-state index contributed by atoms with van der Waals surface area (Å²) in [6, 6.07) is 18.0. The van der Waals surface area contributed by atoms with Gasteiger partial charge in [0.15, 0.2) is 11.5 Å². The zero-order valence-corrected chi connectivity index (χ0v) is 25.1. The molecule has 0 aliphatic carbocycles. The molecular formula is C30H34F3N3O7S. The smallest absolute Gasteiger partial charge is 0.490 e. The second-order valence-electron chi connectivity index (χ2n) is 9.88. The molecule has 0 fully saturated rings. The van der Waals surface area contributed by atoms with E-state index >= 15 is 0 Å². The first-order chi connectivity index (χ1) is 20.7. The molecule has 0 radical (unpaired) electrons. The van der Waals surface area contributed by atoms with Gasteiger partial charge in [-0.1, -0.05) is 30.3 Å². The van der Waals surface area contributed by atoms with E-state index in [9.17, 15) is 26.4 Å². The minimum absolute atomic E-state index is 0.0117. The molecule has 1 aliphatic rings. The number of carbonyl (C=O) groups excluding carboxylic acids is 1. The second-order valence-corrected chi connectivity index (χ2v) is 11.6. The van der Waals surface area contributed by atoms with Crippen molar-refractivity contribution in [2.24, 2.45) is 0 Å². The highest BCUT2D eigenvalue weighted by atomic mass is 32.2. The van der Waals surface area contributed by atoms with E-state index in [-0.39, 0.29) is 11.0 Å². The number of nitrogens with one attached hydrogen (secondary N) is 3. The molecule has 3 aromatic carbocycles. The van der Waals surface area contributed by atoms with Gasteiger partial charge < -0.3 is 25.2 Å². The van der Waals surface area contributed by atoms with Crippen LogP contribution in [0, 0.1) is 0 Å². The third kappa shape index (κ3) is 9.61. The van der Waals surface area contributed by atoms with Crippen LogP contribution < -0.4 is 24.8 Å². The lowest BCUT2D eigenvalue weighted by Crippen LogP contribution is -2.37. The molecule has 1 aliphatic heterocycles. The lowest BCUT2D eigenvalue weighted by atomic mass is 9.99. The summed E-state index contributed by atoms with van der Waals surface area (Å²) in [6.45, 7) is 7.76. The number of fused-ring (bicyclic) bond motifs is 1. The van der Waals surface area contributed by atoms with Crippen LogP contribution in [-0.4, -0.2) is 50.8 Å². The molecule has 1 atom stereocenters. The normalized spacial score (nSPS) is 13.5. The summed E-state index contributed by atoms with van der Waals surface area (Å²) in [7, 11) is -4.07. The van der Waals surface area contributed by atoms with Crippen molar-refractivity contribution in [3.63, 3.8) is 0 Å². The van der Waals surface area contributed by atoms with Gasteiger partial charge in [0.05, 0.1) is 17.6 Å². The number of aliphatic carboxylic acids is 1. The lowest BCUT2D eigenvalue weighted by molar-refractivity contribution is -0.192. The molecule has 0 bridgehead atoms. The number of rotatable bonds is 10.